The lowest BCUT2D eigenvalue weighted by molar-refractivity contribution is -0.119. The number of fused-ring (bicyclic) bond motifs is 1. The van der Waals surface area contributed by atoms with E-state index in [2.05, 4.69) is 30.9 Å². The minimum Gasteiger partial charge on any atom is -0.354 e. The molecule has 0 unspecified atom stereocenters. The van der Waals surface area contributed by atoms with Crippen molar-refractivity contribution in [2.24, 2.45) is 0 Å². The van der Waals surface area contributed by atoms with Crippen LogP contribution < -0.4 is 16.0 Å². The number of benzene rings is 1. The van der Waals surface area contributed by atoms with Crippen LogP contribution in [0.3, 0.4) is 0 Å². The molecule has 4 rings (SSSR count). The number of carbonyl (C=O) groups is 1. The van der Waals surface area contributed by atoms with Gasteiger partial charge < -0.3 is 16.0 Å². The first kappa shape index (κ1) is 19.0. The normalized spacial score (nSPS) is 16.5. The Morgan fingerprint density at radius 1 is 1.21 bits per heavy atom. The Labute approximate surface area is 163 Å². The van der Waals surface area contributed by atoms with Crippen molar-refractivity contribution in [2.75, 3.05) is 17.2 Å². The molecule has 2 aromatic heterocycles. The lowest BCUT2D eigenvalue weighted by atomic mass is 10.2. The van der Waals surface area contributed by atoms with Gasteiger partial charge >= 0.3 is 0 Å². The molecule has 1 aromatic carbocycles. The highest BCUT2D eigenvalue weighted by Crippen LogP contribution is 2.31. The fourth-order valence-electron chi connectivity index (χ4n) is 3.20. The predicted molar refractivity (Wildman–Crippen MR) is 100 cm³/mol. The van der Waals surface area contributed by atoms with Crippen LogP contribution in [0.4, 0.5) is 30.8 Å². The molecule has 8 nitrogen and oxygen atoms in total. The topological polar surface area (TPSA) is 96.8 Å². The Morgan fingerprint density at radius 3 is 2.55 bits per heavy atom. The maximum Gasteiger partial charge on any atom is 0.224 e. The number of nitrogens with zero attached hydrogens (tertiary/aromatic N) is 4. The molecule has 3 heterocycles. The van der Waals surface area contributed by atoms with Crippen LogP contribution in [0.5, 0.6) is 0 Å². The molecule has 1 amide bonds. The van der Waals surface area contributed by atoms with Crippen LogP contribution in [0.15, 0.2) is 18.3 Å². The lowest BCUT2D eigenvalue weighted by Crippen LogP contribution is -2.17. The number of hydrogen-bond donors (Lipinski definition) is 3. The highest BCUT2D eigenvalue weighted by atomic mass is 19.1. The number of carbonyl (C=O) groups excluding carboxylic acids is 1. The standard InChI is InChI=1S/C18H18F3N7O/c1-8(2)24-17-23-7-13-16(27-17)28(10-5-14(29)22-6-10)18(25-13)26-15-11(20)3-9(19)4-12(15)21/h3-4,7-8,10H,5-6H2,1-2H3,(H,22,29)(H,25,26)(H,23,24,27)/t10-/m1/s1. The smallest absolute Gasteiger partial charge is 0.224 e. The molecular formula is C18H18F3N7O. The minimum absolute atomic E-state index is 0.0712. The monoisotopic (exact) mass is 405 g/mol. The second-order valence-corrected chi connectivity index (χ2v) is 7.04. The summed E-state index contributed by atoms with van der Waals surface area (Å²) in [4.78, 5) is 24.7. The van der Waals surface area contributed by atoms with Crippen LogP contribution in [0.1, 0.15) is 26.3 Å². The quantitative estimate of drug-likeness (QED) is 0.604. The molecule has 1 aliphatic heterocycles. The number of nitrogens with one attached hydrogen (secondary N) is 3. The summed E-state index contributed by atoms with van der Waals surface area (Å²) in [5.41, 5.74) is 0.230. The summed E-state index contributed by atoms with van der Waals surface area (Å²) >= 11 is 0. The second-order valence-electron chi connectivity index (χ2n) is 7.04. The summed E-state index contributed by atoms with van der Waals surface area (Å²) in [6, 6.07) is 0.856. The molecule has 1 atom stereocenters. The summed E-state index contributed by atoms with van der Waals surface area (Å²) in [5, 5.41) is 8.38. The fraction of sp³-hybridized carbons (Fsp3) is 0.333. The number of hydrogen-bond acceptors (Lipinski definition) is 6. The van der Waals surface area contributed by atoms with E-state index in [-0.39, 0.29) is 30.4 Å². The Bertz CT molecular complexity index is 1080. The van der Waals surface area contributed by atoms with Crippen molar-refractivity contribution in [3.63, 3.8) is 0 Å². The summed E-state index contributed by atoms with van der Waals surface area (Å²) in [7, 11) is 0. The lowest BCUT2D eigenvalue weighted by Gasteiger charge is -2.16. The van der Waals surface area contributed by atoms with E-state index in [9.17, 15) is 18.0 Å². The van der Waals surface area contributed by atoms with Crippen molar-refractivity contribution >= 4 is 34.7 Å². The van der Waals surface area contributed by atoms with Gasteiger partial charge in [0.2, 0.25) is 17.8 Å². The average molecular weight is 405 g/mol. The number of amides is 1. The number of imidazole rings is 1. The van der Waals surface area contributed by atoms with Crippen LogP contribution in [0, 0.1) is 17.5 Å². The van der Waals surface area contributed by atoms with Crippen LogP contribution in [-0.4, -0.2) is 38.0 Å². The summed E-state index contributed by atoms with van der Waals surface area (Å²) in [5.74, 6) is -2.96. The predicted octanol–water partition coefficient (Wildman–Crippen LogP) is 2.87. The Kier molecular flexibility index (Phi) is 4.73. The molecule has 1 saturated heterocycles. The molecule has 1 fully saturated rings. The number of aromatic nitrogens is 4. The van der Waals surface area contributed by atoms with Gasteiger partial charge in [-0.15, -0.1) is 0 Å². The van der Waals surface area contributed by atoms with E-state index in [1.807, 2.05) is 13.8 Å². The Morgan fingerprint density at radius 2 is 1.93 bits per heavy atom. The maximum absolute atomic E-state index is 14.1. The SMILES string of the molecule is CC(C)Nc1ncc2nc(Nc3c(F)cc(F)cc3F)n([C@H]3CNC(=O)C3)c2n1. The van der Waals surface area contributed by atoms with Crippen molar-refractivity contribution in [3.8, 4) is 0 Å². The molecule has 0 aliphatic carbocycles. The molecule has 3 aromatic rings. The summed E-state index contributed by atoms with van der Waals surface area (Å²) in [6.07, 6.45) is 1.64. The Hall–Kier alpha value is -3.37. The first-order chi connectivity index (χ1) is 13.8. The van der Waals surface area contributed by atoms with Crippen LogP contribution in [-0.2, 0) is 4.79 Å². The van der Waals surface area contributed by atoms with Gasteiger partial charge in [0.05, 0.1) is 12.2 Å². The summed E-state index contributed by atoms with van der Waals surface area (Å²) < 4.78 is 43.1. The molecule has 0 saturated carbocycles. The van der Waals surface area contributed by atoms with Gasteiger partial charge in [0, 0.05) is 31.1 Å². The van der Waals surface area contributed by atoms with E-state index in [0.717, 1.165) is 0 Å². The first-order valence-electron chi connectivity index (χ1n) is 9.01. The zero-order valence-electron chi connectivity index (χ0n) is 15.6. The average Bonchev–Trinajstić information content (AvgIpc) is 3.20. The molecule has 11 heteroatoms. The van der Waals surface area contributed by atoms with Gasteiger partial charge in [-0.2, -0.15) is 4.98 Å². The highest BCUT2D eigenvalue weighted by molar-refractivity contribution is 5.81. The third-order valence-electron chi connectivity index (χ3n) is 4.42. The summed E-state index contributed by atoms with van der Waals surface area (Å²) in [6.45, 7) is 4.17. The van der Waals surface area contributed by atoms with Crippen molar-refractivity contribution in [1.82, 2.24) is 24.8 Å². The number of rotatable bonds is 5. The molecule has 152 valence electrons. The molecule has 3 N–H and O–H groups in total. The zero-order chi connectivity index (χ0) is 20.7. The molecular weight excluding hydrogens is 387 g/mol. The largest absolute Gasteiger partial charge is 0.354 e. The minimum atomic E-state index is -1.10. The third-order valence-corrected chi connectivity index (χ3v) is 4.42. The van der Waals surface area contributed by atoms with Crippen LogP contribution in [0.25, 0.3) is 11.2 Å². The van der Waals surface area contributed by atoms with Gasteiger partial charge in [-0.1, -0.05) is 0 Å². The van der Waals surface area contributed by atoms with E-state index in [1.165, 1.54) is 6.20 Å². The van der Waals surface area contributed by atoms with Gasteiger partial charge in [-0.3, -0.25) is 9.36 Å². The number of anilines is 3. The fourth-order valence-corrected chi connectivity index (χ4v) is 3.20. The van der Waals surface area contributed by atoms with E-state index < -0.39 is 23.1 Å². The van der Waals surface area contributed by atoms with Crippen molar-refractivity contribution in [2.45, 2.75) is 32.4 Å². The van der Waals surface area contributed by atoms with Gasteiger partial charge in [-0.25, -0.2) is 23.1 Å². The zero-order valence-corrected chi connectivity index (χ0v) is 15.6. The van der Waals surface area contributed by atoms with Gasteiger partial charge in [0.1, 0.15) is 17.0 Å². The van der Waals surface area contributed by atoms with Gasteiger partial charge in [0.15, 0.2) is 17.3 Å². The molecule has 0 bridgehead atoms. The van der Waals surface area contributed by atoms with Crippen LogP contribution >= 0.6 is 0 Å². The van der Waals surface area contributed by atoms with E-state index in [1.54, 1.807) is 4.57 Å². The van der Waals surface area contributed by atoms with Crippen molar-refractivity contribution in [1.29, 1.82) is 0 Å². The third kappa shape index (κ3) is 3.67. The Balaban J connectivity index is 1.83. The van der Waals surface area contributed by atoms with Crippen molar-refractivity contribution < 1.29 is 18.0 Å². The van der Waals surface area contributed by atoms with E-state index in [4.69, 9.17) is 0 Å². The first-order valence-corrected chi connectivity index (χ1v) is 9.01. The maximum atomic E-state index is 14.1. The van der Waals surface area contributed by atoms with Crippen molar-refractivity contribution in [3.05, 3.63) is 35.8 Å². The number of halogens is 3. The molecule has 0 radical (unpaired) electrons. The molecule has 0 spiro atoms. The van der Waals surface area contributed by atoms with Gasteiger partial charge in [-0.05, 0) is 13.8 Å². The van der Waals surface area contributed by atoms with Crippen LogP contribution in [0.2, 0.25) is 0 Å². The van der Waals surface area contributed by atoms with E-state index >= 15 is 0 Å². The highest BCUT2D eigenvalue weighted by Gasteiger charge is 2.29. The van der Waals surface area contributed by atoms with Gasteiger partial charge in [0.25, 0.3) is 0 Å². The molecule has 29 heavy (non-hydrogen) atoms. The molecule has 1 aliphatic rings. The second kappa shape index (κ2) is 7.22. The van der Waals surface area contributed by atoms with E-state index in [0.29, 0.717) is 35.8 Å².